The number of hydrogen-bond donors (Lipinski definition) is 2. The first kappa shape index (κ1) is 12.6. The molecule has 0 radical (unpaired) electrons. The molecule has 1 aromatic rings. The molecular weight excluding hydrogens is 207 g/mol. The third-order valence-electron chi connectivity index (χ3n) is 2.61. The van der Waals surface area contributed by atoms with Crippen molar-refractivity contribution in [2.45, 2.75) is 20.3 Å². The minimum absolute atomic E-state index is 0.154. The first-order valence-corrected chi connectivity index (χ1v) is 5.35. The zero-order valence-electron chi connectivity index (χ0n) is 9.59. The summed E-state index contributed by atoms with van der Waals surface area (Å²) in [5.41, 5.74) is 6.82. The molecule has 0 aliphatic rings. The lowest BCUT2D eigenvalue weighted by molar-refractivity contribution is -0.119. The van der Waals surface area contributed by atoms with E-state index in [1.165, 1.54) is 12.1 Å². The third kappa shape index (κ3) is 3.03. The number of nitrogens with one attached hydrogen (secondary N) is 1. The lowest BCUT2D eigenvalue weighted by Crippen LogP contribution is -2.28. The van der Waals surface area contributed by atoms with Crippen molar-refractivity contribution in [1.82, 2.24) is 0 Å². The van der Waals surface area contributed by atoms with Gasteiger partial charge in [-0.05, 0) is 31.0 Å². The molecule has 16 heavy (non-hydrogen) atoms. The smallest absolute Gasteiger partial charge is 0.228 e. The van der Waals surface area contributed by atoms with E-state index in [-0.39, 0.29) is 17.6 Å². The van der Waals surface area contributed by atoms with Gasteiger partial charge in [-0.2, -0.15) is 0 Å². The van der Waals surface area contributed by atoms with Crippen LogP contribution in [0.3, 0.4) is 0 Å². The van der Waals surface area contributed by atoms with Crippen molar-refractivity contribution < 1.29 is 9.18 Å². The molecule has 88 valence electrons. The molecule has 0 spiro atoms. The SMILES string of the molecule is CCC(CN)C(=O)Nc1cc(F)ccc1C. The van der Waals surface area contributed by atoms with Crippen molar-refractivity contribution in [3.8, 4) is 0 Å². The fraction of sp³-hybridized carbons (Fsp3) is 0.417. The zero-order valence-corrected chi connectivity index (χ0v) is 9.59. The molecule has 4 heteroatoms. The fourth-order valence-corrected chi connectivity index (χ4v) is 1.42. The highest BCUT2D eigenvalue weighted by Crippen LogP contribution is 2.17. The van der Waals surface area contributed by atoms with Gasteiger partial charge in [0, 0.05) is 12.2 Å². The van der Waals surface area contributed by atoms with Crippen LogP contribution >= 0.6 is 0 Å². The number of rotatable bonds is 4. The lowest BCUT2D eigenvalue weighted by Gasteiger charge is -2.14. The molecule has 3 nitrogen and oxygen atoms in total. The Kier molecular flexibility index (Phi) is 4.43. The van der Waals surface area contributed by atoms with Crippen LogP contribution in [0.25, 0.3) is 0 Å². The van der Waals surface area contributed by atoms with Gasteiger partial charge in [-0.25, -0.2) is 4.39 Å². The summed E-state index contributed by atoms with van der Waals surface area (Å²) >= 11 is 0. The maximum absolute atomic E-state index is 13.0. The quantitative estimate of drug-likeness (QED) is 0.822. The molecule has 1 amide bonds. The number of anilines is 1. The summed E-state index contributed by atoms with van der Waals surface area (Å²) in [5, 5.41) is 2.69. The van der Waals surface area contributed by atoms with Crippen molar-refractivity contribution in [2.75, 3.05) is 11.9 Å². The minimum Gasteiger partial charge on any atom is -0.330 e. The summed E-state index contributed by atoms with van der Waals surface area (Å²) in [7, 11) is 0. The summed E-state index contributed by atoms with van der Waals surface area (Å²) in [6.07, 6.45) is 0.677. The van der Waals surface area contributed by atoms with Crippen LogP contribution < -0.4 is 11.1 Å². The number of amides is 1. The Morgan fingerprint density at radius 1 is 1.56 bits per heavy atom. The van der Waals surface area contributed by atoms with Gasteiger partial charge in [0.2, 0.25) is 5.91 Å². The number of hydrogen-bond acceptors (Lipinski definition) is 2. The van der Waals surface area contributed by atoms with Gasteiger partial charge in [0.15, 0.2) is 0 Å². The molecule has 0 bridgehead atoms. The Morgan fingerprint density at radius 3 is 2.81 bits per heavy atom. The summed E-state index contributed by atoms with van der Waals surface area (Å²) in [6.45, 7) is 4.02. The van der Waals surface area contributed by atoms with Crippen LogP contribution in [0, 0.1) is 18.7 Å². The van der Waals surface area contributed by atoms with Crippen molar-refractivity contribution in [3.63, 3.8) is 0 Å². The van der Waals surface area contributed by atoms with Gasteiger partial charge in [-0.1, -0.05) is 13.0 Å². The molecule has 1 rings (SSSR count). The van der Waals surface area contributed by atoms with E-state index >= 15 is 0 Å². The molecule has 0 saturated heterocycles. The van der Waals surface area contributed by atoms with Gasteiger partial charge in [0.1, 0.15) is 5.82 Å². The van der Waals surface area contributed by atoms with E-state index in [4.69, 9.17) is 5.73 Å². The van der Waals surface area contributed by atoms with Crippen LogP contribution in [0.1, 0.15) is 18.9 Å². The Balaban J connectivity index is 2.80. The summed E-state index contributed by atoms with van der Waals surface area (Å²) in [6, 6.07) is 4.32. The number of aryl methyl sites for hydroxylation is 1. The number of nitrogens with two attached hydrogens (primary N) is 1. The first-order valence-electron chi connectivity index (χ1n) is 5.35. The topological polar surface area (TPSA) is 55.1 Å². The maximum Gasteiger partial charge on any atom is 0.228 e. The predicted octanol–water partition coefficient (Wildman–Crippen LogP) is 2.06. The zero-order chi connectivity index (χ0) is 12.1. The molecular formula is C12H17FN2O. The number of carbonyl (C=O) groups excluding carboxylic acids is 1. The van der Waals surface area contributed by atoms with Crippen molar-refractivity contribution in [2.24, 2.45) is 11.7 Å². The second-order valence-corrected chi connectivity index (χ2v) is 3.79. The second-order valence-electron chi connectivity index (χ2n) is 3.79. The molecule has 0 aromatic heterocycles. The molecule has 0 heterocycles. The molecule has 0 aliphatic carbocycles. The van der Waals surface area contributed by atoms with Gasteiger partial charge in [0.05, 0.1) is 5.92 Å². The van der Waals surface area contributed by atoms with Crippen LogP contribution in [0.2, 0.25) is 0 Å². The number of benzene rings is 1. The van der Waals surface area contributed by atoms with E-state index in [2.05, 4.69) is 5.32 Å². The van der Waals surface area contributed by atoms with Crippen LogP contribution in [-0.2, 0) is 4.79 Å². The Labute approximate surface area is 94.8 Å². The summed E-state index contributed by atoms with van der Waals surface area (Å²) < 4.78 is 13.0. The van der Waals surface area contributed by atoms with Crippen LogP contribution in [-0.4, -0.2) is 12.5 Å². The van der Waals surface area contributed by atoms with Gasteiger partial charge in [-0.15, -0.1) is 0 Å². The molecule has 3 N–H and O–H groups in total. The van der Waals surface area contributed by atoms with Gasteiger partial charge < -0.3 is 11.1 Å². The average Bonchev–Trinajstić information content (AvgIpc) is 2.25. The molecule has 0 saturated carbocycles. The lowest BCUT2D eigenvalue weighted by atomic mass is 10.1. The maximum atomic E-state index is 13.0. The fourth-order valence-electron chi connectivity index (χ4n) is 1.42. The van der Waals surface area contributed by atoms with Gasteiger partial charge in [-0.3, -0.25) is 4.79 Å². The van der Waals surface area contributed by atoms with Gasteiger partial charge >= 0.3 is 0 Å². The van der Waals surface area contributed by atoms with E-state index in [1.54, 1.807) is 6.07 Å². The molecule has 1 atom stereocenters. The van der Waals surface area contributed by atoms with Crippen molar-refractivity contribution in [3.05, 3.63) is 29.6 Å². The van der Waals surface area contributed by atoms with E-state index < -0.39 is 0 Å². The standard InChI is InChI=1S/C12H17FN2O/c1-3-9(7-14)12(16)15-11-6-10(13)5-4-8(11)2/h4-6,9H,3,7,14H2,1-2H3,(H,15,16). The summed E-state index contributed by atoms with van der Waals surface area (Å²) in [4.78, 5) is 11.7. The van der Waals surface area contributed by atoms with E-state index in [0.717, 1.165) is 5.56 Å². The van der Waals surface area contributed by atoms with Crippen LogP contribution in [0.15, 0.2) is 18.2 Å². The number of carbonyl (C=O) groups is 1. The van der Waals surface area contributed by atoms with Crippen molar-refractivity contribution in [1.29, 1.82) is 0 Å². The third-order valence-corrected chi connectivity index (χ3v) is 2.61. The Morgan fingerprint density at radius 2 is 2.25 bits per heavy atom. The largest absolute Gasteiger partial charge is 0.330 e. The minimum atomic E-state index is -0.360. The highest BCUT2D eigenvalue weighted by molar-refractivity contribution is 5.93. The summed E-state index contributed by atoms with van der Waals surface area (Å²) in [5.74, 6) is -0.733. The molecule has 1 aromatic carbocycles. The van der Waals surface area contributed by atoms with Crippen LogP contribution in [0.5, 0.6) is 0 Å². The average molecular weight is 224 g/mol. The molecule has 1 unspecified atom stereocenters. The monoisotopic (exact) mass is 224 g/mol. The molecule has 0 fully saturated rings. The highest BCUT2D eigenvalue weighted by Gasteiger charge is 2.15. The van der Waals surface area contributed by atoms with Crippen LogP contribution in [0.4, 0.5) is 10.1 Å². The van der Waals surface area contributed by atoms with Gasteiger partial charge in [0.25, 0.3) is 0 Å². The molecule has 0 aliphatic heterocycles. The predicted molar refractivity (Wildman–Crippen MR) is 62.6 cm³/mol. The first-order chi connectivity index (χ1) is 7.58. The number of halogens is 1. The Bertz CT molecular complexity index is 375. The van der Waals surface area contributed by atoms with E-state index in [0.29, 0.717) is 18.7 Å². The van der Waals surface area contributed by atoms with Crippen molar-refractivity contribution >= 4 is 11.6 Å². The Hall–Kier alpha value is -1.42. The van der Waals surface area contributed by atoms with E-state index in [1.807, 2.05) is 13.8 Å². The normalized spacial score (nSPS) is 12.2. The van der Waals surface area contributed by atoms with E-state index in [9.17, 15) is 9.18 Å². The highest BCUT2D eigenvalue weighted by atomic mass is 19.1. The second kappa shape index (κ2) is 5.61.